The van der Waals surface area contributed by atoms with Gasteiger partial charge >= 0.3 is 11.8 Å². The summed E-state index contributed by atoms with van der Waals surface area (Å²) < 4.78 is 24.0. The van der Waals surface area contributed by atoms with Gasteiger partial charge in [-0.25, -0.2) is 9.82 Å². The quantitative estimate of drug-likeness (QED) is 0.220. The second-order valence-electron chi connectivity index (χ2n) is 7.54. The molecule has 0 bridgehead atoms. The first kappa shape index (κ1) is 27.2. The van der Waals surface area contributed by atoms with Crippen LogP contribution in [0.3, 0.4) is 0 Å². The molecule has 0 saturated heterocycles. The van der Waals surface area contributed by atoms with Crippen molar-refractivity contribution in [1.82, 2.24) is 5.43 Å². The third kappa shape index (κ3) is 7.77. The van der Waals surface area contributed by atoms with Crippen molar-refractivity contribution in [2.75, 3.05) is 24.4 Å². The summed E-state index contributed by atoms with van der Waals surface area (Å²) in [6.07, 6.45) is 2.02. The van der Waals surface area contributed by atoms with Crippen LogP contribution in [0.25, 0.3) is 0 Å². The van der Waals surface area contributed by atoms with Crippen LogP contribution in [0, 0.1) is 5.82 Å². The molecule has 0 atom stereocenters. The number of methoxy groups -OCH3 is 1. The number of nitrogens with zero attached hydrogens (tertiary/aromatic N) is 1. The first-order chi connectivity index (χ1) is 17.8. The number of halogens is 2. The molecule has 0 unspecified atom stereocenters. The van der Waals surface area contributed by atoms with Gasteiger partial charge in [0.25, 0.3) is 5.91 Å². The van der Waals surface area contributed by atoms with Gasteiger partial charge in [0.2, 0.25) is 0 Å². The monoisotopic (exact) mass is 526 g/mol. The van der Waals surface area contributed by atoms with Crippen molar-refractivity contribution in [2.45, 2.75) is 13.3 Å². The van der Waals surface area contributed by atoms with Crippen molar-refractivity contribution in [3.8, 4) is 11.5 Å². The fraction of sp³-hybridized carbons (Fsp3) is 0.154. The Labute approximate surface area is 217 Å². The molecule has 3 amide bonds. The maximum absolute atomic E-state index is 13.2. The van der Waals surface area contributed by atoms with Crippen LogP contribution in [0.1, 0.15) is 18.1 Å². The van der Waals surface area contributed by atoms with Gasteiger partial charge in [-0.1, -0.05) is 36.7 Å². The number of nitrogens with one attached hydrogen (secondary N) is 3. The Balaban J connectivity index is 1.54. The van der Waals surface area contributed by atoms with Crippen molar-refractivity contribution < 1.29 is 28.2 Å². The number of hydrazone groups is 1. The highest BCUT2D eigenvalue weighted by Crippen LogP contribution is 2.27. The molecule has 9 nitrogen and oxygen atoms in total. The first-order valence-corrected chi connectivity index (χ1v) is 11.5. The van der Waals surface area contributed by atoms with E-state index < -0.39 is 23.5 Å². The van der Waals surface area contributed by atoms with E-state index in [2.05, 4.69) is 21.2 Å². The second-order valence-corrected chi connectivity index (χ2v) is 7.95. The van der Waals surface area contributed by atoms with Crippen LogP contribution in [0.5, 0.6) is 11.5 Å². The predicted molar refractivity (Wildman–Crippen MR) is 139 cm³/mol. The summed E-state index contributed by atoms with van der Waals surface area (Å²) in [5.74, 6) is -2.27. The highest BCUT2D eigenvalue weighted by Gasteiger charge is 2.14. The highest BCUT2D eigenvalue weighted by molar-refractivity contribution is 6.39. The van der Waals surface area contributed by atoms with Crippen molar-refractivity contribution in [3.05, 3.63) is 82.6 Å². The summed E-state index contributed by atoms with van der Waals surface area (Å²) in [6.45, 7) is 1.60. The summed E-state index contributed by atoms with van der Waals surface area (Å²) in [5.41, 5.74) is 4.49. The number of hydrogen-bond acceptors (Lipinski definition) is 6. The number of amides is 3. The Morgan fingerprint density at radius 3 is 2.51 bits per heavy atom. The molecule has 192 valence electrons. The van der Waals surface area contributed by atoms with Gasteiger partial charge in [0.15, 0.2) is 18.1 Å². The molecule has 37 heavy (non-hydrogen) atoms. The van der Waals surface area contributed by atoms with E-state index in [-0.39, 0.29) is 17.4 Å². The Morgan fingerprint density at radius 1 is 1.00 bits per heavy atom. The van der Waals surface area contributed by atoms with Crippen molar-refractivity contribution in [2.24, 2.45) is 5.10 Å². The maximum atomic E-state index is 13.2. The Morgan fingerprint density at radius 2 is 1.78 bits per heavy atom. The van der Waals surface area contributed by atoms with Gasteiger partial charge in [0, 0.05) is 11.4 Å². The van der Waals surface area contributed by atoms with E-state index in [0.29, 0.717) is 29.1 Å². The molecular weight excluding hydrogens is 503 g/mol. The molecule has 3 rings (SSSR count). The third-order valence-corrected chi connectivity index (χ3v) is 5.27. The Bertz CT molecular complexity index is 1330. The topological polar surface area (TPSA) is 118 Å². The number of ether oxygens (including phenoxy) is 2. The zero-order chi connectivity index (χ0) is 26.8. The molecule has 0 aliphatic rings. The van der Waals surface area contributed by atoms with Crippen LogP contribution in [-0.4, -0.2) is 37.7 Å². The number of rotatable bonds is 9. The highest BCUT2D eigenvalue weighted by atomic mass is 35.5. The lowest BCUT2D eigenvalue weighted by atomic mass is 10.1. The Kier molecular flexibility index (Phi) is 9.56. The number of aryl methyl sites for hydroxylation is 1. The van der Waals surface area contributed by atoms with Crippen LogP contribution in [0.2, 0.25) is 5.02 Å². The van der Waals surface area contributed by atoms with E-state index in [0.717, 1.165) is 11.6 Å². The average Bonchev–Trinajstić information content (AvgIpc) is 2.90. The lowest BCUT2D eigenvalue weighted by Crippen LogP contribution is -2.32. The van der Waals surface area contributed by atoms with Crippen molar-refractivity contribution in [1.29, 1.82) is 0 Å². The van der Waals surface area contributed by atoms with E-state index in [1.165, 1.54) is 25.5 Å². The van der Waals surface area contributed by atoms with Gasteiger partial charge in [0.1, 0.15) is 5.82 Å². The first-order valence-electron chi connectivity index (χ1n) is 11.1. The Hall–Kier alpha value is -4.44. The summed E-state index contributed by atoms with van der Waals surface area (Å²) >= 11 is 5.71. The minimum atomic E-state index is -0.928. The molecule has 0 heterocycles. The number of carbonyl (C=O) groups is 3. The number of para-hydroxylation sites is 1. The maximum Gasteiger partial charge on any atom is 0.329 e. The van der Waals surface area contributed by atoms with E-state index in [1.807, 2.05) is 19.1 Å². The van der Waals surface area contributed by atoms with Crippen molar-refractivity contribution >= 4 is 46.9 Å². The molecule has 3 N–H and O–H groups in total. The molecule has 0 fully saturated rings. The van der Waals surface area contributed by atoms with Crippen LogP contribution in [0.4, 0.5) is 15.8 Å². The number of anilines is 2. The van der Waals surface area contributed by atoms with Crippen LogP contribution in [0.15, 0.2) is 65.8 Å². The van der Waals surface area contributed by atoms with E-state index in [1.54, 1.807) is 30.3 Å². The fourth-order valence-corrected chi connectivity index (χ4v) is 3.32. The smallest absolute Gasteiger partial charge is 0.329 e. The minimum Gasteiger partial charge on any atom is -0.493 e. The average molecular weight is 527 g/mol. The molecule has 0 aliphatic carbocycles. The molecule has 0 spiro atoms. The lowest BCUT2D eigenvalue weighted by Gasteiger charge is -2.11. The summed E-state index contributed by atoms with van der Waals surface area (Å²) in [6, 6.07) is 15.7. The molecule has 0 aromatic heterocycles. The number of benzene rings is 3. The standard InChI is InChI=1S/C26H24ClFN4O5/c1-3-17-6-4-5-7-21(17)31-25(34)26(35)32-29-14-16-8-11-22(23(12-16)36-2)37-15-24(33)30-18-9-10-20(28)19(27)13-18/h4-14H,3,15H2,1-2H3,(H,30,33)(H,31,34)(H,32,35)/b29-14-. The van der Waals surface area contributed by atoms with Gasteiger partial charge < -0.3 is 20.1 Å². The molecule has 0 aliphatic heterocycles. The minimum absolute atomic E-state index is 0.115. The molecule has 3 aromatic carbocycles. The van der Waals surface area contributed by atoms with E-state index in [9.17, 15) is 18.8 Å². The second kappa shape index (κ2) is 13.0. The van der Waals surface area contributed by atoms with Gasteiger partial charge in [-0.05, 0) is 60.0 Å². The molecule has 0 saturated carbocycles. The number of hydrogen-bond donors (Lipinski definition) is 3. The molecule has 11 heteroatoms. The molecular formula is C26H24ClFN4O5. The zero-order valence-electron chi connectivity index (χ0n) is 20.0. The predicted octanol–water partition coefficient (Wildman–Crippen LogP) is 4.16. The van der Waals surface area contributed by atoms with Gasteiger partial charge in [-0.15, -0.1) is 0 Å². The van der Waals surface area contributed by atoms with Crippen LogP contribution >= 0.6 is 11.6 Å². The summed E-state index contributed by atoms with van der Waals surface area (Å²) in [5, 5.41) is 8.80. The molecule has 3 aromatic rings. The summed E-state index contributed by atoms with van der Waals surface area (Å²) in [4.78, 5) is 36.4. The summed E-state index contributed by atoms with van der Waals surface area (Å²) in [7, 11) is 1.42. The third-order valence-electron chi connectivity index (χ3n) is 4.98. The number of carbonyl (C=O) groups excluding carboxylic acids is 3. The van der Waals surface area contributed by atoms with Crippen molar-refractivity contribution in [3.63, 3.8) is 0 Å². The lowest BCUT2D eigenvalue weighted by molar-refractivity contribution is -0.136. The van der Waals surface area contributed by atoms with Crippen LogP contribution in [-0.2, 0) is 20.8 Å². The van der Waals surface area contributed by atoms with E-state index >= 15 is 0 Å². The zero-order valence-corrected chi connectivity index (χ0v) is 20.8. The van der Waals surface area contributed by atoms with Crippen LogP contribution < -0.4 is 25.5 Å². The normalized spacial score (nSPS) is 10.6. The van der Waals surface area contributed by atoms with E-state index in [4.69, 9.17) is 21.1 Å². The molecule has 0 radical (unpaired) electrons. The van der Waals surface area contributed by atoms with Gasteiger partial charge in [-0.3, -0.25) is 14.4 Å². The largest absolute Gasteiger partial charge is 0.493 e. The van der Waals surface area contributed by atoms with Gasteiger partial charge in [0.05, 0.1) is 18.3 Å². The fourth-order valence-electron chi connectivity index (χ4n) is 3.14. The van der Waals surface area contributed by atoms with Gasteiger partial charge in [-0.2, -0.15) is 5.10 Å². The SMILES string of the molecule is CCc1ccccc1NC(=O)C(=O)N/N=C\c1ccc(OCC(=O)Nc2ccc(F)c(Cl)c2)c(OC)c1.